The van der Waals surface area contributed by atoms with E-state index >= 15 is 0 Å². The highest BCUT2D eigenvalue weighted by Crippen LogP contribution is 2.29. The van der Waals surface area contributed by atoms with Crippen LogP contribution in [0.15, 0.2) is 54.6 Å². The molecule has 5 heteroatoms. The van der Waals surface area contributed by atoms with Crippen LogP contribution in [0, 0.1) is 17.2 Å². The number of nitrogens with zero attached hydrogens (tertiary/aromatic N) is 1. The first-order valence-electron chi connectivity index (χ1n) is 9.15. The van der Waals surface area contributed by atoms with Gasteiger partial charge in [0, 0.05) is 0 Å². The van der Waals surface area contributed by atoms with Gasteiger partial charge in [-0.05, 0) is 40.5 Å². The van der Waals surface area contributed by atoms with Crippen LogP contribution >= 0.6 is 0 Å². The van der Waals surface area contributed by atoms with E-state index in [-0.39, 0.29) is 5.92 Å². The first kappa shape index (κ1) is 19.4. The molecule has 0 aliphatic rings. The number of ether oxygens (including phenoxy) is 1. The Morgan fingerprint density at radius 1 is 1.07 bits per heavy atom. The third-order valence-corrected chi connectivity index (χ3v) is 5.10. The maximum Gasteiger partial charge on any atom is 0.339 e. The van der Waals surface area contributed by atoms with Crippen molar-refractivity contribution in [3.05, 3.63) is 60.2 Å². The lowest BCUT2D eigenvalue weighted by Crippen LogP contribution is -2.50. The number of hydrogen-bond donors (Lipinski definition) is 1. The summed E-state index contributed by atoms with van der Waals surface area (Å²) >= 11 is 0. The molecule has 5 nitrogen and oxygen atoms in total. The van der Waals surface area contributed by atoms with Crippen molar-refractivity contribution in [1.82, 2.24) is 5.32 Å². The molecule has 0 fully saturated rings. The van der Waals surface area contributed by atoms with Crippen molar-refractivity contribution in [2.45, 2.75) is 26.3 Å². The number of nitriles is 1. The van der Waals surface area contributed by atoms with Crippen molar-refractivity contribution in [3.63, 3.8) is 0 Å². The number of hydrogen-bond acceptors (Lipinski definition) is 4. The molecule has 142 valence electrons. The van der Waals surface area contributed by atoms with Crippen LogP contribution in [0.5, 0.6) is 0 Å². The second-order valence-electron chi connectivity index (χ2n) is 7.29. The lowest BCUT2D eigenvalue weighted by molar-refractivity contribution is -0.125. The Labute approximate surface area is 163 Å². The van der Waals surface area contributed by atoms with E-state index in [9.17, 15) is 14.9 Å². The summed E-state index contributed by atoms with van der Waals surface area (Å²) < 4.78 is 5.32. The number of rotatable bonds is 5. The summed E-state index contributed by atoms with van der Waals surface area (Å²) in [6.07, 6.45) is 0. The summed E-state index contributed by atoms with van der Waals surface area (Å²) in [6, 6.07) is 19.3. The lowest BCUT2D eigenvalue weighted by atomic mass is 9.90. The number of benzene rings is 3. The van der Waals surface area contributed by atoms with Gasteiger partial charge in [-0.15, -0.1) is 0 Å². The highest BCUT2D eigenvalue weighted by atomic mass is 16.5. The summed E-state index contributed by atoms with van der Waals surface area (Å²) in [4.78, 5) is 25.1. The van der Waals surface area contributed by atoms with Crippen LogP contribution in [0.1, 0.15) is 31.1 Å². The molecule has 1 atom stereocenters. The molecule has 0 radical (unpaired) electrons. The topological polar surface area (TPSA) is 79.2 Å². The van der Waals surface area contributed by atoms with Gasteiger partial charge in [-0.25, -0.2) is 4.79 Å². The number of esters is 1. The molecule has 0 aliphatic heterocycles. The van der Waals surface area contributed by atoms with Crippen LogP contribution < -0.4 is 5.32 Å². The average molecular weight is 374 g/mol. The van der Waals surface area contributed by atoms with Crippen molar-refractivity contribution in [3.8, 4) is 6.07 Å². The Hall–Kier alpha value is -3.39. The number of nitrogens with one attached hydrogen (secondary N) is 1. The molecular formula is C23H22N2O3. The molecule has 0 bridgehead atoms. The maximum atomic E-state index is 12.9. The fourth-order valence-electron chi connectivity index (χ4n) is 3.06. The van der Waals surface area contributed by atoms with Crippen LogP contribution in [0.4, 0.5) is 0 Å². The molecule has 0 unspecified atom stereocenters. The van der Waals surface area contributed by atoms with Gasteiger partial charge in [0.2, 0.25) is 0 Å². The zero-order chi connectivity index (χ0) is 20.3. The molecule has 0 spiro atoms. The first-order valence-corrected chi connectivity index (χ1v) is 9.15. The Morgan fingerprint density at radius 2 is 1.61 bits per heavy atom. The zero-order valence-electron chi connectivity index (χ0n) is 16.2. The molecule has 3 aromatic carbocycles. The van der Waals surface area contributed by atoms with E-state index < -0.39 is 24.0 Å². The molecule has 0 saturated heterocycles. The van der Waals surface area contributed by atoms with Crippen molar-refractivity contribution in [2.24, 2.45) is 5.92 Å². The number of fused-ring (bicyclic) bond motifs is 2. The fraction of sp³-hybridized carbons (Fsp3) is 0.261. The second-order valence-corrected chi connectivity index (χ2v) is 7.29. The van der Waals surface area contributed by atoms with Gasteiger partial charge < -0.3 is 10.1 Å². The highest BCUT2D eigenvalue weighted by Gasteiger charge is 2.30. The molecule has 3 rings (SSSR count). The minimum Gasteiger partial charge on any atom is -0.452 e. The molecule has 0 heterocycles. The van der Waals surface area contributed by atoms with Gasteiger partial charge in [-0.1, -0.05) is 62.4 Å². The second kappa shape index (κ2) is 7.69. The molecule has 28 heavy (non-hydrogen) atoms. The highest BCUT2D eigenvalue weighted by molar-refractivity contribution is 6.16. The van der Waals surface area contributed by atoms with Crippen LogP contribution in [-0.2, 0) is 9.53 Å². The normalized spacial score (nSPS) is 13.1. The van der Waals surface area contributed by atoms with E-state index in [1.165, 1.54) is 0 Å². The lowest BCUT2D eigenvalue weighted by Gasteiger charge is -2.27. The summed E-state index contributed by atoms with van der Waals surface area (Å²) in [5, 5.41) is 15.4. The van der Waals surface area contributed by atoms with E-state index in [4.69, 9.17) is 4.74 Å². The molecular weight excluding hydrogens is 352 g/mol. The van der Waals surface area contributed by atoms with Gasteiger partial charge in [0.15, 0.2) is 6.61 Å². The van der Waals surface area contributed by atoms with Gasteiger partial charge in [0.1, 0.15) is 5.54 Å². The van der Waals surface area contributed by atoms with Crippen molar-refractivity contribution >= 4 is 33.4 Å². The third kappa shape index (κ3) is 3.67. The van der Waals surface area contributed by atoms with E-state index in [2.05, 4.69) is 11.4 Å². The Kier molecular flexibility index (Phi) is 5.32. The Bertz CT molecular complexity index is 1040. The quantitative estimate of drug-likeness (QED) is 0.536. The molecule has 1 N–H and O–H groups in total. The van der Waals surface area contributed by atoms with Gasteiger partial charge >= 0.3 is 5.97 Å². The third-order valence-electron chi connectivity index (χ3n) is 5.10. The summed E-state index contributed by atoms with van der Waals surface area (Å²) in [6.45, 7) is 4.89. The van der Waals surface area contributed by atoms with Gasteiger partial charge in [0.05, 0.1) is 11.6 Å². The zero-order valence-corrected chi connectivity index (χ0v) is 16.2. The van der Waals surface area contributed by atoms with Crippen molar-refractivity contribution in [1.29, 1.82) is 5.26 Å². The summed E-state index contributed by atoms with van der Waals surface area (Å²) in [5.41, 5.74) is -0.580. The minimum absolute atomic E-state index is 0.0841. The smallest absolute Gasteiger partial charge is 0.339 e. The summed E-state index contributed by atoms with van der Waals surface area (Å²) in [5.74, 6) is -1.15. The standard InChI is InChI=1S/C23H22N2O3/c1-15(2)23(3,14-24)25-20(26)13-28-22(27)21-18-10-6-4-8-16(18)12-17-9-5-7-11-19(17)21/h4-12,15H,13H2,1-3H3,(H,25,26)/t23-/m0/s1. The minimum atomic E-state index is -1.02. The molecule has 0 aromatic heterocycles. The van der Waals surface area contributed by atoms with Crippen LogP contribution in [-0.4, -0.2) is 24.0 Å². The van der Waals surface area contributed by atoms with Crippen molar-refractivity contribution in [2.75, 3.05) is 6.61 Å². The predicted molar refractivity (Wildman–Crippen MR) is 109 cm³/mol. The van der Waals surface area contributed by atoms with Gasteiger partial charge in [-0.2, -0.15) is 5.26 Å². The van der Waals surface area contributed by atoms with Gasteiger partial charge in [-0.3, -0.25) is 4.79 Å². The molecule has 3 aromatic rings. The van der Waals surface area contributed by atoms with E-state index in [1.807, 2.05) is 68.4 Å². The van der Waals surface area contributed by atoms with Crippen LogP contribution in [0.3, 0.4) is 0 Å². The van der Waals surface area contributed by atoms with Crippen LogP contribution in [0.25, 0.3) is 21.5 Å². The van der Waals surface area contributed by atoms with Crippen LogP contribution in [0.2, 0.25) is 0 Å². The maximum absolute atomic E-state index is 12.9. The molecule has 0 saturated carbocycles. The largest absolute Gasteiger partial charge is 0.452 e. The van der Waals surface area contributed by atoms with E-state index in [1.54, 1.807) is 6.92 Å². The Morgan fingerprint density at radius 3 is 2.11 bits per heavy atom. The Balaban J connectivity index is 1.88. The van der Waals surface area contributed by atoms with Gasteiger partial charge in [0.25, 0.3) is 5.91 Å². The monoisotopic (exact) mass is 374 g/mol. The number of carbonyl (C=O) groups is 2. The summed E-state index contributed by atoms with van der Waals surface area (Å²) in [7, 11) is 0. The first-order chi connectivity index (χ1) is 13.4. The van der Waals surface area contributed by atoms with E-state index in [0.717, 1.165) is 21.5 Å². The average Bonchev–Trinajstić information content (AvgIpc) is 2.69. The number of amides is 1. The predicted octanol–water partition coefficient (Wildman–Crippen LogP) is 4.20. The number of carbonyl (C=O) groups excluding carboxylic acids is 2. The molecule has 1 amide bonds. The molecule has 0 aliphatic carbocycles. The fourth-order valence-corrected chi connectivity index (χ4v) is 3.06. The van der Waals surface area contributed by atoms with E-state index in [0.29, 0.717) is 5.56 Å². The SMILES string of the molecule is CC(C)[C@](C)(C#N)NC(=O)COC(=O)c1c2ccccc2cc2ccccc12. The van der Waals surface area contributed by atoms with Crippen molar-refractivity contribution < 1.29 is 14.3 Å².